The van der Waals surface area contributed by atoms with Crippen LogP contribution in [-0.2, 0) is 14.3 Å². The standard InChI is InChI=1S/C53H99NO10/c1-3-5-7-9-11-13-15-16-17-18-19-20-21-22-23-24-25-26-27-28-29-30-31-33-35-37-39-41-46(57)52(62)54-44(43-63-53-51(61)50(60)49(59)47(42-55)64-53)48(58)45(56)40-38-36-34-32-14-12-10-8-6-4-2/h8,10,22-23,32,34,44-51,53,55-61H,3-7,9,11-21,24-31,33,35-43H2,1-2H3,(H,54,62)/b10-8+,23-22-,34-32+. The van der Waals surface area contributed by atoms with Gasteiger partial charge in [-0.05, 0) is 70.6 Å². The van der Waals surface area contributed by atoms with Crippen LogP contribution in [0.2, 0.25) is 0 Å². The minimum Gasteiger partial charge on any atom is -0.394 e. The van der Waals surface area contributed by atoms with Crippen LogP contribution in [0.25, 0.3) is 0 Å². The molecule has 11 nitrogen and oxygen atoms in total. The predicted molar refractivity (Wildman–Crippen MR) is 261 cm³/mol. The molecule has 8 N–H and O–H groups in total. The number of amides is 1. The zero-order chi connectivity index (χ0) is 46.9. The van der Waals surface area contributed by atoms with Crippen LogP contribution in [0.1, 0.15) is 226 Å². The van der Waals surface area contributed by atoms with Gasteiger partial charge in [-0.15, -0.1) is 0 Å². The van der Waals surface area contributed by atoms with Crippen molar-refractivity contribution in [2.24, 2.45) is 0 Å². The van der Waals surface area contributed by atoms with E-state index in [0.717, 1.165) is 44.9 Å². The van der Waals surface area contributed by atoms with Gasteiger partial charge in [0.25, 0.3) is 0 Å². The molecule has 1 rings (SSSR count). The Labute approximate surface area is 390 Å². The third-order valence-corrected chi connectivity index (χ3v) is 12.6. The average Bonchev–Trinajstić information content (AvgIpc) is 3.29. The Morgan fingerprint density at radius 3 is 1.45 bits per heavy atom. The highest BCUT2D eigenvalue weighted by Gasteiger charge is 2.44. The molecule has 0 aromatic carbocycles. The second kappa shape index (κ2) is 42.7. The fourth-order valence-electron chi connectivity index (χ4n) is 8.28. The lowest BCUT2D eigenvalue weighted by Gasteiger charge is -2.40. The van der Waals surface area contributed by atoms with Crippen LogP contribution in [0, 0.1) is 0 Å². The Morgan fingerprint density at radius 2 is 0.969 bits per heavy atom. The lowest BCUT2D eigenvalue weighted by molar-refractivity contribution is -0.303. The molecule has 1 amide bonds. The second-order valence-corrected chi connectivity index (χ2v) is 18.6. The van der Waals surface area contributed by atoms with Crippen molar-refractivity contribution in [3.8, 4) is 0 Å². The molecule has 9 atom stereocenters. The highest BCUT2D eigenvalue weighted by molar-refractivity contribution is 5.80. The largest absolute Gasteiger partial charge is 0.394 e. The topological polar surface area (TPSA) is 189 Å². The number of ether oxygens (including phenoxy) is 2. The number of hydrogen-bond donors (Lipinski definition) is 8. The molecule has 0 bridgehead atoms. The summed E-state index contributed by atoms with van der Waals surface area (Å²) >= 11 is 0. The summed E-state index contributed by atoms with van der Waals surface area (Å²) in [6, 6.07) is -1.19. The Kier molecular flexibility index (Phi) is 40.2. The van der Waals surface area contributed by atoms with Crippen LogP contribution in [0.4, 0.5) is 0 Å². The summed E-state index contributed by atoms with van der Waals surface area (Å²) in [6.07, 6.45) is 39.4. The first-order chi connectivity index (χ1) is 31.2. The first-order valence-electron chi connectivity index (χ1n) is 26.4. The van der Waals surface area contributed by atoms with E-state index in [2.05, 4.69) is 49.5 Å². The quantitative estimate of drug-likeness (QED) is 0.0216. The van der Waals surface area contributed by atoms with E-state index >= 15 is 0 Å². The van der Waals surface area contributed by atoms with E-state index in [-0.39, 0.29) is 12.8 Å². The fraction of sp³-hybridized carbons (Fsp3) is 0.868. The van der Waals surface area contributed by atoms with E-state index in [1.165, 1.54) is 135 Å². The van der Waals surface area contributed by atoms with Gasteiger partial charge in [0.1, 0.15) is 36.6 Å². The van der Waals surface area contributed by atoms with Gasteiger partial charge >= 0.3 is 0 Å². The lowest BCUT2D eigenvalue weighted by atomic mass is 9.98. The minimum atomic E-state index is -1.67. The van der Waals surface area contributed by atoms with Gasteiger partial charge in [0.15, 0.2) is 6.29 Å². The molecule has 0 spiro atoms. The van der Waals surface area contributed by atoms with E-state index in [9.17, 15) is 40.5 Å². The van der Waals surface area contributed by atoms with E-state index in [1.807, 2.05) is 6.08 Å². The zero-order valence-corrected chi connectivity index (χ0v) is 40.8. The van der Waals surface area contributed by atoms with Gasteiger partial charge < -0.3 is 50.5 Å². The summed E-state index contributed by atoms with van der Waals surface area (Å²) in [5, 5.41) is 75.6. The molecule has 0 radical (unpaired) electrons. The van der Waals surface area contributed by atoms with Gasteiger partial charge in [-0.3, -0.25) is 4.79 Å². The zero-order valence-electron chi connectivity index (χ0n) is 40.8. The van der Waals surface area contributed by atoms with E-state index < -0.39 is 74.2 Å². The smallest absolute Gasteiger partial charge is 0.249 e. The molecule has 9 unspecified atom stereocenters. The monoisotopic (exact) mass is 910 g/mol. The van der Waals surface area contributed by atoms with Crippen molar-refractivity contribution >= 4 is 5.91 Å². The Morgan fingerprint density at radius 1 is 0.531 bits per heavy atom. The molecule has 0 aromatic rings. The maximum absolute atomic E-state index is 13.1. The normalized spacial score (nSPS) is 21.3. The number of carbonyl (C=O) groups excluding carboxylic acids is 1. The molecule has 11 heteroatoms. The Balaban J connectivity index is 2.26. The van der Waals surface area contributed by atoms with Crippen molar-refractivity contribution in [2.75, 3.05) is 13.2 Å². The van der Waals surface area contributed by atoms with Crippen molar-refractivity contribution < 1.29 is 50.0 Å². The molecule has 0 aliphatic carbocycles. The van der Waals surface area contributed by atoms with Crippen LogP contribution < -0.4 is 5.32 Å². The molecular weight excluding hydrogens is 811 g/mol. The highest BCUT2D eigenvalue weighted by Crippen LogP contribution is 2.23. The maximum Gasteiger partial charge on any atom is 0.249 e. The summed E-state index contributed by atoms with van der Waals surface area (Å²) in [4.78, 5) is 13.1. The van der Waals surface area contributed by atoms with Gasteiger partial charge in [-0.1, -0.05) is 192 Å². The van der Waals surface area contributed by atoms with Crippen LogP contribution in [0.5, 0.6) is 0 Å². The van der Waals surface area contributed by atoms with Gasteiger partial charge in [-0.2, -0.15) is 0 Å². The highest BCUT2D eigenvalue weighted by atomic mass is 16.7. The summed E-state index contributed by atoms with van der Waals surface area (Å²) in [5.41, 5.74) is 0. The van der Waals surface area contributed by atoms with Crippen LogP contribution in [0.15, 0.2) is 36.5 Å². The number of aliphatic hydroxyl groups excluding tert-OH is 7. The fourth-order valence-corrected chi connectivity index (χ4v) is 8.28. The number of allylic oxidation sites excluding steroid dienone is 6. The molecule has 0 saturated carbocycles. The Hall–Kier alpha value is -1.67. The molecule has 1 fully saturated rings. The van der Waals surface area contributed by atoms with E-state index in [1.54, 1.807) is 0 Å². The van der Waals surface area contributed by atoms with Crippen molar-refractivity contribution in [1.82, 2.24) is 5.32 Å². The number of carbonyl (C=O) groups is 1. The second-order valence-electron chi connectivity index (χ2n) is 18.6. The molecule has 376 valence electrons. The number of hydrogen-bond acceptors (Lipinski definition) is 10. The van der Waals surface area contributed by atoms with Crippen molar-refractivity contribution in [3.63, 3.8) is 0 Å². The SMILES string of the molecule is CCC/C=C/CC/C=C/CCCC(O)C(O)C(COC1OC(CO)C(O)C(O)C1O)NC(=O)C(O)CCCCCCCCCCCCC/C=C\CCCCCCCCCCCCCC. The molecular formula is C53H99NO10. The van der Waals surface area contributed by atoms with Crippen molar-refractivity contribution in [1.29, 1.82) is 0 Å². The Bertz CT molecular complexity index is 1130. The summed E-state index contributed by atoms with van der Waals surface area (Å²) in [6.45, 7) is 3.35. The van der Waals surface area contributed by atoms with Crippen LogP contribution in [0.3, 0.4) is 0 Å². The number of aliphatic hydroxyl groups is 7. The van der Waals surface area contributed by atoms with Gasteiger partial charge in [0.2, 0.25) is 5.91 Å². The molecule has 1 saturated heterocycles. The van der Waals surface area contributed by atoms with Gasteiger partial charge in [0, 0.05) is 0 Å². The third-order valence-electron chi connectivity index (χ3n) is 12.6. The first-order valence-corrected chi connectivity index (χ1v) is 26.4. The first kappa shape index (κ1) is 60.3. The average molecular weight is 910 g/mol. The van der Waals surface area contributed by atoms with Gasteiger partial charge in [0.05, 0.1) is 25.4 Å². The lowest BCUT2D eigenvalue weighted by Crippen LogP contribution is -2.60. The minimum absolute atomic E-state index is 0.244. The third kappa shape index (κ3) is 31.3. The predicted octanol–water partition coefficient (Wildman–Crippen LogP) is 9.95. The number of nitrogens with one attached hydrogen (secondary N) is 1. The molecule has 1 aliphatic heterocycles. The van der Waals surface area contributed by atoms with E-state index in [4.69, 9.17) is 9.47 Å². The van der Waals surface area contributed by atoms with Crippen LogP contribution >= 0.6 is 0 Å². The van der Waals surface area contributed by atoms with E-state index in [0.29, 0.717) is 19.3 Å². The molecule has 1 heterocycles. The van der Waals surface area contributed by atoms with Crippen molar-refractivity contribution in [2.45, 2.75) is 281 Å². The van der Waals surface area contributed by atoms with Crippen LogP contribution in [-0.4, -0.2) is 110 Å². The maximum atomic E-state index is 13.1. The molecule has 64 heavy (non-hydrogen) atoms. The molecule has 0 aromatic heterocycles. The molecule has 1 aliphatic rings. The van der Waals surface area contributed by atoms with Crippen molar-refractivity contribution in [3.05, 3.63) is 36.5 Å². The summed E-state index contributed by atoms with van der Waals surface area (Å²) in [5.74, 6) is -0.713. The number of unbranched alkanes of at least 4 members (excludes halogenated alkanes) is 26. The van der Waals surface area contributed by atoms with Gasteiger partial charge in [-0.25, -0.2) is 0 Å². The summed E-state index contributed by atoms with van der Waals surface area (Å²) < 4.78 is 11.1. The summed E-state index contributed by atoms with van der Waals surface area (Å²) in [7, 11) is 0. The number of rotatable bonds is 44.